The number of nitrogens with zero attached hydrogens (tertiary/aromatic N) is 3. The summed E-state index contributed by atoms with van der Waals surface area (Å²) in [5.41, 5.74) is 9.55. The van der Waals surface area contributed by atoms with Gasteiger partial charge in [0.25, 0.3) is 0 Å². The van der Waals surface area contributed by atoms with Crippen LogP contribution in [0.5, 0.6) is 0 Å². The predicted octanol–water partition coefficient (Wildman–Crippen LogP) is 2.76. The highest BCUT2D eigenvalue weighted by atomic mass is 19.1. The maximum atomic E-state index is 13.5. The summed E-state index contributed by atoms with van der Waals surface area (Å²) in [6.45, 7) is 1.91. The van der Waals surface area contributed by atoms with E-state index in [1.54, 1.807) is 16.9 Å². The third-order valence-corrected chi connectivity index (χ3v) is 3.47. The molecule has 1 heterocycles. The lowest BCUT2D eigenvalue weighted by Gasteiger charge is -2.16. The minimum Gasteiger partial charge on any atom is -0.319 e. The average Bonchev–Trinajstić information content (AvgIpc) is 2.99. The van der Waals surface area contributed by atoms with Gasteiger partial charge in [-0.3, -0.25) is 0 Å². The fraction of sp³-hybridized carbons (Fsp3) is 0.125. The van der Waals surface area contributed by atoms with E-state index in [1.165, 1.54) is 12.1 Å². The number of hydrogen-bond acceptors (Lipinski definition) is 3. The second-order valence-corrected chi connectivity index (χ2v) is 4.88. The molecule has 106 valence electrons. The third kappa shape index (κ3) is 2.55. The molecule has 0 radical (unpaired) electrons. The molecule has 4 nitrogen and oxygen atoms in total. The molecule has 0 bridgehead atoms. The van der Waals surface area contributed by atoms with Crippen molar-refractivity contribution in [1.82, 2.24) is 15.0 Å². The van der Waals surface area contributed by atoms with E-state index in [-0.39, 0.29) is 5.82 Å². The van der Waals surface area contributed by atoms with Gasteiger partial charge >= 0.3 is 0 Å². The molecular formula is C16H15FN4. The van der Waals surface area contributed by atoms with Crippen molar-refractivity contribution in [3.05, 3.63) is 77.4 Å². The Morgan fingerprint density at radius 3 is 2.67 bits per heavy atom. The summed E-state index contributed by atoms with van der Waals surface area (Å²) in [4.78, 5) is 0. The van der Waals surface area contributed by atoms with Gasteiger partial charge in [0.05, 0.1) is 23.6 Å². The molecule has 0 amide bonds. The predicted molar refractivity (Wildman–Crippen MR) is 78.5 cm³/mol. The number of para-hydroxylation sites is 1. The molecule has 0 aliphatic rings. The Morgan fingerprint density at radius 1 is 1.14 bits per heavy atom. The Hall–Kier alpha value is -2.53. The molecule has 0 aliphatic heterocycles. The third-order valence-electron chi connectivity index (χ3n) is 3.47. The molecule has 0 aliphatic carbocycles. The maximum absolute atomic E-state index is 13.5. The number of halogens is 1. The molecule has 0 spiro atoms. The average molecular weight is 282 g/mol. The molecule has 21 heavy (non-hydrogen) atoms. The first-order chi connectivity index (χ1) is 10.2. The second kappa shape index (κ2) is 5.46. The van der Waals surface area contributed by atoms with E-state index in [0.717, 1.165) is 22.5 Å². The first-order valence-corrected chi connectivity index (χ1v) is 6.64. The molecule has 1 aromatic heterocycles. The molecular weight excluding hydrogens is 267 g/mol. The van der Waals surface area contributed by atoms with E-state index in [0.29, 0.717) is 0 Å². The van der Waals surface area contributed by atoms with Crippen molar-refractivity contribution in [1.29, 1.82) is 0 Å². The smallest absolute Gasteiger partial charge is 0.123 e. The van der Waals surface area contributed by atoms with Crippen LogP contribution in [0.2, 0.25) is 0 Å². The topological polar surface area (TPSA) is 56.7 Å². The first-order valence-electron chi connectivity index (χ1n) is 6.64. The van der Waals surface area contributed by atoms with Crippen LogP contribution in [-0.2, 0) is 0 Å². The van der Waals surface area contributed by atoms with Crippen LogP contribution in [0.1, 0.15) is 22.9 Å². The standard InChI is InChI=1S/C16H15FN4/c1-11-7-8-12(17)9-14(11)16(18)15-10-19-20-21(15)13-5-3-2-4-6-13/h2-10,16H,18H2,1H3. The summed E-state index contributed by atoms with van der Waals surface area (Å²) >= 11 is 0. The van der Waals surface area contributed by atoms with Crippen molar-refractivity contribution in [3.8, 4) is 5.69 Å². The summed E-state index contributed by atoms with van der Waals surface area (Å²) in [6.07, 6.45) is 1.61. The highest BCUT2D eigenvalue weighted by molar-refractivity contribution is 5.38. The number of nitrogens with two attached hydrogens (primary N) is 1. The zero-order chi connectivity index (χ0) is 14.8. The van der Waals surface area contributed by atoms with Crippen molar-refractivity contribution in [2.24, 2.45) is 5.73 Å². The Labute approximate surface area is 122 Å². The number of aromatic nitrogens is 3. The van der Waals surface area contributed by atoms with Crippen molar-refractivity contribution in [2.75, 3.05) is 0 Å². The maximum Gasteiger partial charge on any atom is 0.123 e. The lowest BCUT2D eigenvalue weighted by atomic mass is 9.99. The van der Waals surface area contributed by atoms with E-state index >= 15 is 0 Å². The molecule has 2 aromatic carbocycles. The van der Waals surface area contributed by atoms with Gasteiger partial charge in [-0.2, -0.15) is 0 Å². The van der Waals surface area contributed by atoms with Gasteiger partial charge < -0.3 is 5.73 Å². The van der Waals surface area contributed by atoms with E-state index in [4.69, 9.17) is 5.73 Å². The number of aryl methyl sites for hydroxylation is 1. The van der Waals surface area contributed by atoms with Crippen molar-refractivity contribution in [3.63, 3.8) is 0 Å². The molecule has 3 aromatic rings. The Morgan fingerprint density at radius 2 is 1.90 bits per heavy atom. The zero-order valence-electron chi connectivity index (χ0n) is 11.6. The normalized spacial score (nSPS) is 12.3. The van der Waals surface area contributed by atoms with Crippen LogP contribution in [0.4, 0.5) is 4.39 Å². The first kappa shape index (κ1) is 13.5. The molecule has 1 atom stereocenters. The quantitative estimate of drug-likeness (QED) is 0.803. The minimum atomic E-state index is -0.490. The van der Waals surface area contributed by atoms with E-state index < -0.39 is 6.04 Å². The van der Waals surface area contributed by atoms with Crippen LogP contribution in [0.25, 0.3) is 5.69 Å². The fourth-order valence-electron chi connectivity index (χ4n) is 2.33. The highest BCUT2D eigenvalue weighted by Gasteiger charge is 2.18. The number of hydrogen-bond donors (Lipinski definition) is 1. The molecule has 5 heteroatoms. The van der Waals surface area contributed by atoms with Crippen LogP contribution < -0.4 is 5.73 Å². The molecule has 2 N–H and O–H groups in total. The molecule has 0 saturated carbocycles. The van der Waals surface area contributed by atoms with Crippen LogP contribution in [0.15, 0.2) is 54.7 Å². The summed E-state index contributed by atoms with van der Waals surface area (Å²) in [5.74, 6) is -0.301. The van der Waals surface area contributed by atoms with Crippen LogP contribution >= 0.6 is 0 Å². The van der Waals surface area contributed by atoms with Gasteiger partial charge in [-0.15, -0.1) is 5.10 Å². The minimum absolute atomic E-state index is 0.301. The SMILES string of the molecule is Cc1ccc(F)cc1C(N)c1cnnn1-c1ccccc1. The van der Waals surface area contributed by atoms with Crippen molar-refractivity contribution < 1.29 is 4.39 Å². The number of rotatable bonds is 3. The van der Waals surface area contributed by atoms with Crippen molar-refractivity contribution >= 4 is 0 Å². The van der Waals surface area contributed by atoms with Crippen LogP contribution in [-0.4, -0.2) is 15.0 Å². The van der Waals surface area contributed by atoms with E-state index in [1.807, 2.05) is 37.3 Å². The van der Waals surface area contributed by atoms with Gasteiger partial charge in [-0.1, -0.05) is 29.5 Å². The Bertz CT molecular complexity index is 752. The lowest BCUT2D eigenvalue weighted by molar-refractivity contribution is 0.620. The summed E-state index contributed by atoms with van der Waals surface area (Å²) in [6, 6.07) is 13.7. The van der Waals surface area contributed by atoms with E-state index in [2.05, 4.69) is 10.3 Å². The van der Waals surface area contributed by atoms with Gasteiger partial charge in [0.15, 0.2) is 0 Å². The zero-order valence-corrected chi connectivity index (χ0v) is 11.6. The molecule has 0 fully saturated rings. The van der Waals surface area contributed by atoms with Gasteiger partial charge in [-0.05, 0) is 42.3 Å². The van der Waals surface area contributed by atoms with E-state index in [9.17, 15) is 4.39 Å². The monoisotopic (exact) mass is 282 g/mol. The molecule has 0 saturated heterocycles. The lowest BCUT2D eigenvalue weighted by Crippen LogP contribution is -2.18. The molecule has 3 rings (SSSR count). The van der Waals surface area contributed by atoms with Crippen LogP contribution in [0, 0.1) is 12.7 Å². The summed E-state index contributed by atoms with van der Waals surface area (Å²) in [5, 5.41) is 8.01. The largest absolute Gasteiger partial charge is 0.319 e. The van der Waals surface area contributed by atoms with Gasteiger partial charge in [0, 0.05) is 0 Å². The van der Waals surface area contributed by atoms with Crippen molar-refractivity contribution in [2.45, 2.75) is 13.0 Å². The summed E-state index contributed by atoms with van der Waals surface area (Å²) in [7, 11) is 0. The highest BCUT2D eigenvalue weighted by Crippen LogP contribution is 2.24. The Balaban J connectivity index is 2.06. The van der Waals surface area contributed by atoms with Gasteiger partial charge in [-0.25, -0.2) is 9.07 Å². The fourth-order valence-corrected chi connectivity index (χ4v) is 2.33. The Kier molecular flexibility index (Phi) is 3.50. The van der Waals surface area contributed by atoms with Gasteiger partial charge in [0.2, 0.25) is 0 Å². The molecule has 1 unspecified atom stereocenters. The summed E-state index contributed by atoms with van der Waals surface area (Å²) < 4.78 is 15.2. The van der Waals surface area contributed by atoms with Crippen LogP contribution in [0.3, 0.4) is 0 Å². The second-order valence-electron chi connectivity index (χ2n) is 4.88. The van der Waals surface area contributed by atoms with Gasteiger partial charge in [0.1, 0.15) is 5.82 Å². The number of benzene rings is 2.